The molecule has 1 saturated heterocycles. The molecule has 0 unspecified atom stereocenters. The molecule has 5 heteroatoms. The Bertz CT molecular complexity index is 520. The van der Waals surface area contributed by atoms with E-state index in [0.29, 0.717) is 18.9 Å². The Hall–Kier alpha value is -1.59. The molecule has 1 aromatic rings. The van der Waals surface area contributed by atoms with E-state index in [1.807, 2.05) is 37.3 Å². The Morgan fingerprint density at radius 3 is 2.56 bits per heavy atom. The van der Waals surface area contributed by atoms with Crippen LogP contribution in [0.4, 0.5) is 0 Å². The van der Waals surface area contributed by atoms with E-state index in [0.717, 1.165) is 25.0 Å². The molecule has 4 atom stereocenters. The van der Waals surface area contributed by atoms with Crippen molar-refractivity contribution in [2.75, 3.05) is 6.61 Å². The summed E-state index contributed by atoms with van der Waals surface area (Å²) < 4.78 is 17.9. The highest BCUT2D eigenvalue weighted by atomic mass is 16.6. The maximum Gasteiger partial charge on any atom is 0.323 e. The van der Waals surface area contributed by atoms with Crippen molar-refractivity contribution in [3.63, 3.8) is 0 Å². The highest BCUT2D eigenvalue weighted by Crippen LogP contribution is 2.24. The normalized spacial score (nSPS) is 28.4. The third-order valence-electron chi connectivity index (χ3n) is 4.34. The van der Waals surface area contributed by atoms with Gasteiger partial charge in [0, 0.05) is 6.61 Å². The molecule has 1 heterocycles. The minimum atomic E-state index is -0.556. The van der Waals surface area contributed by atoms with Gasteiger partial charge in [-0.05, 0) is 44.2 Å². The van der Waals surface area contributed by atoms with Crippen molar-refractivity contribution in [2.24, 2.45) is 11.7 Å². The molecular formula is C20H31NO4. The summed E-state index contributed by atoms with van der Waals surface area (Å²) in [6, 6.07) is 9.17. The predicted octanol–water partition coefficient (Wildman–Crippen LogP) is 3.31. The number of hydrogen-bond acceptors (Lipinski definition) is 5. The van der Waals surface area contributed by atoms with Crippen molar-refractivity contribution < 1.29 is 19.0 Å². The van der Waals surface area contributed by atoms with Gasteiger partial charge in [-0.3, -0.25) is 4.79 Å². The zero-order chi connectivity index (χ0) is 18.2. The van der Waals surface area contributed by atoms with Crippen LogP contribution in [0.2, 0.25) is 0 Å². The van der Waals surface area contributed by atoms with E-state index in [1.165, 1.54) is 0 Å². The van der Waals surface area contributed by atoms with Gasteiger partial charge in [0.05, 0.1) is 0 Å². The summed E-state index contributed by atoms with van der Waals surface area (Å²) in [5, 5.41) is 0. The van der Waals surface area contributed by atoms with Crippen LogP contribution in [0.25, 0.3) is 0 Å². The Balaban J connectivity index is 2.17. The Kier molecular flexibility index (Phi) is 7.72. The zero-order valence-corrected chi connectivity index (χ0v) is 15.5. The van der Waals surface area contributed by atoms with Crippen LogP contribution < -0.4 is 10.5 Å². The van der Waals surface area contributed by atoms with E-state index >= 15 is 0 Å². The largest absolute Gasteiger partial charge is 0.488 e. The summed E-state index contributed by atoms with van der Waals surface area (Å²) >= 11 is 0. The lowest BCUT2D eigenvalue weighted by Crippen LogP contribution is -2.47. The van der Waals surface area contributed by atoms with Crippen LogP contribution in [0.3, 0.4) is 0 Å². The van der Waals surface area contributed by atoms with Crippen LogP contribution >= 0.6 is 0 Å². The van der Waals surface area contributed by atoms with E-state index in [-0.39, 0.29) is 18.2 Å². The van der Waals surface area contributed by atoms with Crippen molar-refractivity contribution in [1.29, 1.82) is 0 Å². The lowest BCUT2D eigenvalue weighted by molar-refractivity contribution is -0.165. The minimum absolute atomic E-state index is 0.168. The van der Waals surface area contributed by atoms with Crippen LogP contribution in [0.15, 0.2) is 30.3 Å². The molecule has 1 fully saturated rings. The summed E-state index contributed by atoms with van der Waals surface area (Å²) in [5.74, 6) is 0.835. The summed E-state index contributed by atoms with van der Waals surface area (Å²) in [6.45, 7) is 6.64. The molecule has 140 valence electrons. The molecule has 5 nitrogen and oxygen atoms in total. The van der Waals surface area contributed by atoms with Gasteiger partial charge in [0.2, 0.25) is 0 Å². The van der Waals surface area contributed by atoms with Gasteiger partial charge in [-0.1, -0.05) is 38.5 Å². The number of carbonyl (C=O) groups is 1. The third-order valence-corrected chi connectivity index (χ3v) is 4.34. The highest BCUT2D eigenvalue weighted by Gasteiger charge is 2.34. The van der Waals surface area contributed by atoms with Crippen LogP contribution in [0.5, 0.6) is 5.75 Å². The third kappa shape index (κ3) is 6.33. The van der Waals surface area contributed by atoms with Crippen LogP contribution in [-0.2, 0) is 14.3 Å². The molecule has 2 rings (SSSR count). The molecule has 0 aromatic heterocycles. The maximum atomic E-state index is 12.1. The molecule has 0 saturated carbocycles. The first-order valence-electron chi connectivity index (χ1n) is 9.26. The Morgan fingerprint density at radius 2 is 1.88 bits per heavy atom. The van der Waals surface area contributed by atoms with E-state index in [2.05, 4.69) is 13.8 Å². The fraction of sp³-hybridized carbons (Fsp3) is 0.650. The molecule has 0 bridgehead atoms. The van der Waals surface area contributed by atoms with E-state index < -0.39 is 12.1 Å². The summed E-state index contributed by atoms with van der Waals surface area (Å²) in [5.41, 5.74) is 5.91. The number of hydrogen-bond donors (Lipinski definition) is 1. The number of ether oxygens (including phenoxy) is 3. The van der Waals surface area contributed by atoms with Crippen molar-refractivity contribution in [3.8, 4) is 5.75 Å². The average Bonchev–Trinajstić information content (AvgIpc) is 2.58. The van der Waals surface area contributed by atoms with Crippen molar-refractivity contribution >= 4 is 5.97 Å². The lowest BCUT2D eigenvalue weighted by Gasteiger charge is -2.33. The fourth-order valence-corrected chi connectivity index (χ4v) is 2.98. The molecular weight excluding hydrogens is 318 g/mol. The van der Waals surface area contributed by atoms with Gasteiger partial charge in [0.15, 0.2) is 0 Å². The van der Waals surface area contributed by atoms with Crippen LogP contribution in [-0.4, -0.2) is 36.9 Å². The second-order valence-electron chi connectivity index (χ2n) is 7.19. The molecule has 2 N–H and O–H groups in total. The highest BCUT2D eigenvalue weighted by molar-refractivity contribution is 5.75. The summed E-state index contributed by atoms with van der Waals surface area (Å²) in [7, 11) is 0. The second kappa shape index (κ2) is 9.78. The SMILES string of the molecule is CC(C)CO[C@H]1[C@H](C)OC(=O)[C@@H](N)CCCC[C@@H]1Oc1ccccc1. The standard InChI is InChI=1S/C20H31NO4/c1-14(2)13-23-19-15(3)24-20(22)17(21)11-7-8-12-18(19)25-16-9-5-4-6-10-16/h4-6,9-10,14-15,17-19H,7-8,11-13,21H2,1-3H3/t15-,17-,18-,19-/m0/s1. The number of rotatable bonds is 5. The van der Waals surface area contributed by atoms with Crippen LogP contribution in [0.1, 0.15) is 46.5 Å². The Morgan fingerprint density at radius 1 is 1.20 bits per heavy atom. The Labute approximate surface area is 150 Å². The van der Waals surface area contributed by atoms with Crippen molar-refractivity contribution in [1.82, 2.24) is 0 Å². The maximum absolute atomic E-state index is 12.1. The van der Waals surface area contributed by atoms with Gasteiger partial charge in [0.25, 0.3) is 0 Å². The second-order valence-corrected chi connectivity index (χ2v) is 7.19. The van der Waals surface area contributed by atoms with Crippen molar-refractivity contribution in [3.05, 3.63) is 30.3 Å². The molecule has 0 radical (unpaired) electrons. The van der Waals surface area contributed by atoms with E-state index in [9.17, 15) is 4.79 Å². The molecule has 0 amide bonds. The monoisotopic (exact) mass is 349 g/mol. The number of nitrogens with two attached hydrogens (primary N) is 1. The fourth-order valence-electron chi connectivity index (χ4n) is 2.98. The smallest absolute Gasteiger partial charge is 0.323 e. The summed E-state index contributed by atoms with van der Waals surface area (Å²) in [6.07, 6.45) is 2.38. The topological polar surface area (TPSA) is 70.8 Å². The van der Waals surface area contributed by atoms with Gasteiger partial charge in [0.1, 0.15) is 30.1 Å². The first-order valence-corrected chi connectivity index (χ1v) is 9.26. The first kappa shape index (κ1) is 19.7. The number of benzene rings is 1. The summed E-state index contributed by atoms with van der Waals surface area (Å²) in [4.78, 5) is 12.1. The molecule has 1 aliphatic rings. The van der Waals surface area contributed by atoms with Crippen molar-refractivity contribution in [2.45, 2.75) is 70.8 Å². The van der Waals surface area contributed by atoms with Gasteiger partial charge in [-0.15, -0.1) is 0 Å². The predicted molar refractivity (Wildman–Crippen MR) is 97.4 cm³/mol. The molecule has 1 aromatic carbocycles. The van der Waals surface area contributed by atoms with Gasteiger partial charge in [-0.25, -0.2) is 0 Å². The molecule has 1 aliphatic heterocycles. The minimum Gasteiger partial charge on any atom is -0.488 e. The van der Waals surface area contributed by atoms with Gasteiger partial charge < -0.3 is 19.9 Å². The number of carbonyl (C=O) groups excluding carboxylic acids is 1. The first-order chi connectivity index (χ1) is 12.0. The molecule has 0 spiro atoms. The zero-order valence-electron chi connectivity index (χ0n) is 15.5. The number of esters is 1. The quantitative estimate of drug-likeness (QED) is 0.826. The number of para-hydroxylation sites is 1. The number of cyclic esters (lactones) is 1. The van der Waals surface area contributed by atoms with Gasteiger partial charge in [-0.2, -0.15) is 0 Å². The molecule has 25 heavy (non-hydrogen) atoms. The van der Waals surface area contributed by atoms with Gasteiger partial charge >= 0.3 is 5.97 Å². The lowest BCUT2D eigenvalue weighted by atomic mass is 9.99. The molecule has 0 aliphatic carbocycles. The average molecular weight is 349 g/mol. The van der Waals surface area contributed by atoms with Crippen LogP contribution in [0, 0.1) is 5.92 Å². The van der Waals surface area contributed by atoms with E-state index in [4.69, 9.17) is 19.9 Å². The van der Waals surface area contributed by atoms with E-state index in [1.54, 1.807) is 0 Å².